The Bertz CT molecular complexity index is 751. The zero-order valence-corrected chi connectivity index (χ0v) is 13.9. The summed E-state index contributed by atoms with van der Waals surface area (Å²) >= 11 is 0. The fourth-order valence-corrected chi connectivity index (χ4v) is 2.61. The van der Waals surface area contributed by atoms with Gasteiger partial charge in [-0.25, -0.2) is 4.98 Å². The van der Waals surface area contributed by atoms with Crippen LogP contribution in [-0.4, -0.2) is 42.1 Å². The molecule has 7 nitrogen and oxygen atoms in total. The van der Waals surface area contributed by atoms with Crippen molar-refractivity contribution < 1.29 is 14.3 Å². The molecule has 7 heteroatoms. The second-order valence-electron chi connectivity index (χ2n) is 5.75. The van der Waals surface area contributed by atoms with Crippen LogP contribution in [0.3, 0.4) is 0 Å². The Balaban J connectivity index is 1.66. The summed E-state index contributed by atoms with van der Waals surface area (Å²) in [5.41, 5.74) is 0.989. The number of ether oxygens (including phenoxy) is 1. The second-order valence-corrected chi connectivity index (χ2v) is 5.75. The van der Waals surface area contributed by atoms with Gasteiger partial charge in [-0.1, -0.05) is 12.1 Å². The molecular weight excluding hydrogens is 320 g/mol. The molecule has 1 saturated heterocycles. The Labute approximate surface area is 145 Å². The molecule has 0 spiro atoms. The van der Waals surface area contributed by atoms with E-state index in [2.05, 4.69) is 20.9 Å². The number of pyridine rings is 1. The highest BCUT2D eigenvalue weighted by Gasteiger charge is 2.28. The molecule has 2 amide bonds. The Morgan fingerprint density at radius 1 is 1.20 bits per heavy atom. The first-order valence-corrected chi connectivity index (χ1v) is 8.12. The minimum atomic E-state index is -0.417. The first-order chi connectivity index (χ1) is 12.1. The summed E-state index contributed by atoms with van der Waals surface area (Å²) in [4.78, 5) is 28.8. The summed E-state index contributed by atoms with van der Waals surface area (Å²) in [5, 5.41) is 8.67. The summed E-state index contributed by atoms with van der Waals surface area (Å²) in [6.07, 6.45) is 1.40. The van der Waals surface area contributed by atoms with Crippen LogP contribution < -0.4 is 16.0 Å². The van der Waals surface area contributed by atoms with Gasteiger partial charge in [0.25, 0.3) is 5.91 Å². The van der Waals surface area contributed by atoms with E-state index in [-0.39, 0.29) is 17.9 Å². The SMILES string of the molecule is C[C@H]1OCCN[C@@H]1C(=O)Nc1cccc(C(=O)Nc2ccccn2)c1. The molecule has 0 bridgehead atoms. The Kier molecular flexibility index (Phi) is 5.37. The monoisotopic (exact) mass is 340 g/mol. The van der Waals surface area contributed by atoms with E-state index in [1.165, 1.54) is 0 Å². The molecule has 3 N–H and O–H groups in total. The molecular formula is C18H20N4O3. The molecule has 2 heterocycles. The smallest absolute Gasteiger partial charge is 0.256 e. The molecule has 1 aromatic carbocycles. The van der Waals surface area contributed by atoms with Gasteiger partial charge in [0.1, 0.15) is 11.9 Å². The number of hydrogen-bond acceptors (Lipinski definition) is 5. The van der Waals surface area contributed by atoms with Crippen molar-refractivity contribution in [3.05, 3.63) is 54.2 Å². The number of anilines is 2. The van der Waals surface area contributed by atoms with Gasteiger partial charge >= 0.3 is 0 Å². The summed E-state index contributed by atoms with van der Waals surface area (Å²) in [6.45, 7) is 3.08. The lowest BCUT2D eigenvalue weighted by Crippen LogP contribution is -2.53. The average molecular weight is 340 g/mol. The summed E-state index contributed by atoms with van der Waals surface area (Å²) in [7, 11) is 0. The van der Waals surface area contributed by atoms with Crippen LogP contribution in [0, 0.1) is 0 Å². The van der Waals surface area contributed by atoms with Gasteiger partial charge in [-0.3, -0.25) is 9.59 Å². The average Bonchev–Trinajstić information content (AvgIpc) is 2.63. The molecule has 1 aromatic heterocycles. The Morgan fingerprint density at radius 2 is 2.08 bits per heavy atom. The number of benzene rings is 1. The number of carbonyl (C=O) groups excluding carboxylic acids is 2. The van der Waals surface area contributed by atoms with E-state index in [1.54, 1.807) is 48.7 Å². The molecule has 1 aliphatic rings. The Hall–Kier alpha value is -2.77. The van der Waals surface area contributed by atoms with Crippen LogP contribution in [0.5, 0.6) is 0 Å². The predicted octanol–water partition coefficient (Wildman–Crippen LogP) is 1.65. The van der Waals surface area contributed by atoms with E-state index in [9.17, 15) is 9.59 Å². The van der Waals surface area contributed by atoms with Crippen molar-refractivity contribution in [2.24, 2.45) is 0 Å². The minimum Gasteiger partial charge on any atom is -0.375 e. The maximum Gasteiger partial charge on any atom is 0.256 e. The van der Waals surface area contributed by atoms with Gasteiger partial charge in [0.05, 0.1) is 12.7 Å². The minimum absolute atomic E-state index is 0.186. The van der Waals surface area contributed by atoms with Gasteiger partial charge < -0.3 is 20.7 Å². The number of carbonyl (C=O) groups is 2. The zero-order chi connectivity index (χ0) is 17.6. The van der Waals surface area contributed by atoms with E-state index in [0.717, 1.165) is 0 Å². The number of nitrogens with one attached hydrogen (secondary N) is 3. The van der Waals surface area contributed by atoms with Gasteiger partial charge in [0.15, 0.2) is 0 Å². The highest BCUT2D eigenvalue weighted by Crippen LogP contribution is 2.14. The van der Waals surface area contributed by atoms with Crippen LogP contribution >= 0.6 is 0 Å². The first-order valence-electron chi connectivity index (χ1n) is 8.12. The van der Waals surface area contributed by atoms with Gasteiger partial charge in [-0.05, 0) is 37.3 Å². The molecule has 2 aromatic rings. The second kappa shape index (κ2) is 7.87. The van der Waals surface area contributed by atoms with Crippen LogP contribution in [0.1, 0.15) is 17.3 Å². The quantitative estimate of drug-likeness (QED) is 0.787. The number of amides is 2. The lowest BCUT2D eigenvalue weighted by molar-refractivity contribution is -0.123. The molecule has 3 rings (SSSR count). The van der Waals surface area contributed by atoms with Crippen molar-refractivity contribution in [2.75, 3.05) is 23.8 Å². The summed E-state index contributed by atoms with van der Waals surface area (Å²) < 4.78 is 5.48. The molecule has 130 valence electrons. The van der Waals surface area contributed by atoms with Crippen LogP contribution in [-0.2, 0) is 9.53 Å². The third-order valence-electron chi connectivity index (χ3n) is 3.90. The molecule has 0 saturated carbocycles. The molecule has 25 heavy (non-hydrogen) atoms. The van der Waals surface area contributed by atoms with Gasteiger partial charge in [0, 0.05) is 24.0 Å². The maximum atomic E-state index is 12.4. The molecule has 1 fully saturated rings. The molecule has 2 atom stereocenters. The number of morpholine rings is 1. The normalized spacial score (nSPS) is 19.9. The summed E-state index contributed by atoms with van der Waals surface area (Å²) in [5.74, 6) is -0.00362. The van der Waals surface area contributed by atoms with Crippen LogP contribution in [0.2, 0.25) is 0 Å². The fraction of sp³-hybridized carbons (Fsp3) is 0.278. The van der Waals surface area contributed by atoms with Crippen LogP contribution in [0.4, 0.5) is 11.5 Å². The third kappa shape index (κ3) is 4.40. The van der Waals surface area contributed by atoms with Gasteiger partial charge in [0.2, 0.25) is 5.91 Å². The van der Waals surface area contributed by atoms with Crippen molar-refractivity contribution in [1.29, 1.82) is 0 Å². The molecule has 1 aliphatic heterocycles. The van der Waals surface area contributed by atoms with E-state index >= 15 is 0 Å². The molecule has 0 radical (unpaired) electrons. The van der Waals surface area contributed by atoms with E-state index in [0.29, 0.717) is 30.2 Å². The lowest BCUT2D eigenvalue weighted by atomic mass is 10.1. The van der Waals surface area contributed by atoms with E-state index < -0.39 is 6.04 Å². The predicted molar refractivity (Wildman–Crippen MR) is 94.5 cm³/mol. The number of aromatic nitrogens is 1. The Morgan fingerprint density at radius 3 is 2.84 bits per heavy atom. The molecule has 0 unspecified atom stereocenters. The van der Waals surface area contributed by atoms with Gasteiger partial charge in [-0.15, -0.1) is 0 Å². The van der Waals surface area contributed by atoms with Crippen molar-refractivity contribution in [2.45, 2.75) is 19.1 Å². The molecule has 0 aliphatic carbocycles. The fourth-order valence-electron chi connectivity index (χ4n) is 2.61. The van der Waals surface area contributed by atoms with Gasteiger partial charge in [-0.2, -0.15) is 0 Å². The largest absolute Gasteiger partial charge is 0.375 e. The van der Waals surface area contributed by atoms with Crippen molar-refractivity contribution >= 4 is 23.3 Å². The third-order valence-corrected chi connectivity index (χ3v) is 3.90. The van der Waals surface area contributed by atoms with Crippen LogP contribution in [0.15, 0.2) is 48.7 Å². The standard InChI is InChI=1S/C18H20N4O3/c1-12-16(20-9-10-25-12)18(24)21-14-6-4-5-13(11-14)17(23)22-15-7-2-3-8-19-15/h2-8,11-12,16,20H,9-10H2,1H3,(H,21,24)(H,19,22,23)/t12-,16+/m1/s1. The van der Waals surface area contributed by atoms with Crippen molar-refractivity contribution in [1.82, 2.24) is 10.3 Å². The van der Waals surface area contributed by atoms with Crippen LogP contribution in [0.25, 0.3) is 0 Å². The highest BCUT2D eigenvalue weighted by atomic mass is 16.5. The van der Waals surface area contributed by atoms with Crippen molar-refractivity contribution in [3.8, 4) is 0 Å². The maximum absolute atomic E-state index is 12.4. The zero-order valence-electron chi connectivity index (χ0n) is 13.9. The summed E-state index contributed by atoms with van der Waals surface area (Å²) in [6, 6.07) is 11.6. The van der Waals surface area contributed by atoms with E-state index in [1.807, 2.05) is 6.92 Å². The first kappa shape index (κ1) is 17.1. The van der Waals surface area contributed by atoms with E-state index in [4.69, 9.17) is 4.74 Å². The van der Waals surface area contributed by atoms with Crippen molar-refractivity contribution in [3.63, 3.8) is 0 Å². The highest BCUT2D eigenvalue weighted by molar-refractivity contribution is 6.05. The number of rotatable bonds is 4. The lowest BCUT2D eigenvalue weighted by Gasteiger charge is -2.29. The number of hydrogen-bond donors (Lipinski definition) is 3. The number of nitrogens with zero attached hydrogens (tertiary/aromatic N) is 1. The topological polar surface area (TPSA) is 92.4 Å².